The Labute approximate surface area is 176 Å². The van der Waals surface area contributed by atoms with Crippen molar-refractivity contribution < 1.29 is 4.74 Å². The number of H-pyrrole nitrogens is 1. The molecular formula is C20H19N7O2S. The van der Waals surface area contributed by atoms with Crippen molar-refractivity contribution in [1.29, 1.82) is 0 Å². The largest absolute Gasteiger partial charge is 0.494 e. The second-order valence-electron chi connectivity index (χ2n) is 6.17. The molecular weight excluding hydrogens is 402 g/mol. The van der Waals surface area contributed by atoms with Crippen molar-refractivity contribution in [2.75, 3.05) is 11.9 Å². The smallest absolute Gasteiger partial charge is 0.252 e. The number of ether oxygens (including phenoxy) is 1. The Morgan fingerprint density at radius 2 is 1.93 bits per heavy atom. The second kappa shape index (κ2) is 9.23. The summed E-state index contributed by atoms with van der Waals surface area (Å²) in [5.41, 5.74) is 2.03. The maximum absolute atomic E-state index is 12.1. The predicted octanol–water partition coefficient (Wildman–Crippen LogP) is 3.18. The van der Waals surface area contributed by atoms with Gasteiger partial charge in [-0.2, -0.15) is 4.68 Å². The Hall–Kier alpha value is -3.66. The summed E-state index contributed by atoms with van der Waals surface area (Å²) < 4.78 is 7.09. The first-order chi connectivity index (χ1) is 14.7. The Kier molecular flexibility index (Phi) is 6.04. The van der Waals surface area contributed by atoms with Crippen LogP contribution in [-0.2, 0) is 5.75 Å². The van der Waals surface area contributed by atoms with Crippen LogP contribution in [0.15, 0.2) is 70.6 Å². The highest BCUT2D eigenvalue weighted by Gasteiger charge is 2.10. The number of tetrazole rings is 1. The average molecular weight is 421 g/mol. The third kappa shape index (κ3) is 4.84. The third-order valence-electron chi connectivity index (χ3n) is 4.01. The van der Waals surface area contributed by atoms with Crippen LogP contribution in [0.2, 0.25) is 0 Å². The molecule has 30 heavy (non-hydrogen) atoms. The van der Waals surface area contributed by atoms with E-state index in [9.17, 15) is 4.79 Å². The summed E-state index contributed by atoms with van der Waals surface area (Å²) in [5, 5.41) is 15.6. The van der Waals surface area contributed by atoms with Crippen LogP contribution in [-0.4, -0.2) is 36.8 Å². The fraction of sp³-hybridized carbons (Fsp3) is 0.150. The number of hydrogen-bond donors (Lipinski definition) is 2. The molecule has 4 aromatic rings. The lowest BCUT2D eigenvalue weighted by molar-refractivity contribution is 0.340. The molecule has 10 heteroatoms. The van der Waals surface area contributed by atoms with Crippen LogP contribution < -0.4 is 15.6 Å². The Balaban J connectivity index is 1.47. The van der Waals surface area contributed by atoms with Crippen molar-refractivity contribution in [2.24, 2.45) is 0 Å². The van der Waals surface area contributed by atoms with Gasteiger partial charge in [-0.1, -0.05) is 30.0 Å². The number of nitrogens with one attached hydrogen (secondary N) is 2. The number of nitrogens with zero attached hydrogens (tertiary/aromatic N) is 5. The van der Waals surface area contributed by atoms with Gasteiger partial charge in [0, 0.05) is 17.5 Å². The number of rotatable bonds is 8. The van der Waals surface area contributed by atoms with Gasteiger partial charge in [-0.05, 0) is 53.7 Å². The normalized spacial score (nSPS) is 10.7. The molecule has 0 amide bonds. The van der Waals surface area contributed by atoms with Crippen LogP contribution in [0.25, 0.3) is 5.69 Å². The number of hydrogen-bond acceptors (Lipinski definition) is 8. The van der Waals surface area contributed by atoms with Crippen LogP contribution in [0.5, 0.6) is 5.75 Å². The van der Waals surface area contributed by atoms with Crippen molar-refractivity contribution >= 4 is 23.4 Å². The molecule has 9 nitrogen and oxygen atoms in total. The molecule has 0 aliphatic heterocycles. The van der Waals surface area contributed by atoms with Crippen molar-refractivity contribution in [3.63, 3.8) is 0 Å². The first-order valence-corrected chi connectivity index (χ1v) is 10.3. The second-order valence-corrected chi connectivity index (χ2v) is 7.11. The highest BCUT2D eigenvalue weighted by Crippen LogP contribution is 2.22. The molecule has 0 saturated heterocycles. The van der Waals surface area contributed by atoms with E-state index in [-0.39, 0.29) is 5.56 Å². The highest BCUT2D eigenvalue weighted by atomic mass is 32.2. The molecule has 2 aromatic carbocycles. The van der Waals surface area contributed by atoms with Crippen LogP contribution in [0.4, 0.5) is 11.6 Å². The van der Waals surface area contributed by atoms with E-state index in [1.165, 1.54) is 17.8 Å². The lowest BCUT2D eigenvalue weighted by Crippen LogP contribution is -2.12. The number of anilines is 2. The van der Waals surface area contributed by atoms with Gasteiger partial charge in [-0.3, -0.25) is 9.78 Å². The number of benzene rings is 2. The summed E-state index contributed by atoms with van der Waals surface area (Å²) in [6, 6.07) is 18.5. The molecule has 2 aromatic heterocycles. The molecule has 0 bridgehead atoms. The first kappa shape index (κ1) is 19.6. The average Bonchev–Trinajstić information content (AvgIpc) is 3.23. The standard InChI is InChI=1S/C20H19N7O2S/c1-2-29-17-10-8-14(9-11-17)21-19-22-15(12-18(28)23-19)13-30-20-24-25-26-27(20)16-6-4-3-5-7-16/h3-12H,2,13H2,1H3,(H2,21,22,23,28). The molecule has 0 unspecified atom stereocenters. The molecule has 0 saturated carbocycles. The topological polar surface area (TPSA) is 111 Å². The quantitative estimate of drug-likeness (QED) is 0.417. The minimum atomic E-state index is -0.239. The van der Waals surface area contributed by atoms with Crippen molar-refractivity contribution in [1.82, 2.24) is 30.2 Å². The number of aromatic amines is 1. The Morgan fingerprint density at radius 1 is 1.13 bits per heavy atom. The molecule has 152 valence electrons. The van der Waals surface area contributed by atoms with Gasteiger partial charge in [0.1, 0.15) is 5.75 Å². The summed E-state index contributed by atoms with van der Waals surface area (Å²) in [7, 11) is 0. The zero-order chi connectivity index (χ0) is 20.8. The maximum Gasteiger partial charge on any atom is 0.252 e. The van der Waals surface area contributed by atoms with Gasteiger partial charge >= 0.3 is 0 Å². The van der Waals surface area contributed by atoms with E-state index >= 15 is 0 Å². The Morgan fingerprint density at radius 3 is 2.70 bits per heavy atom. The lowest BCUT2D eigenvalue weighted by atomic mass is 10.3. The zero-order valence-electron chi connectivity index (χ0n) is 16.1. The van der Waals surface area contributed by atoms with Crippen molar-refractivity contribution in [2.45, 2.75) is 17.8 Å². The fourth-order valence-electron chi connectivity index (χ4n) is 2.72. The lowest BCUT2D eigenvalue weighted by Gasteiger charge is -2.08. The van der Waals surface area contributed by atoms with Crippen LogP contribution >= 0.6 is 11.8 Å². The van der Waals surface area contributed by atoms with E-state index in [4.69, 9.17) is 4.74 Å². The third-order valence-corrected chi connectivity index (χ3v) is 4.97. The summed E-state index contributed by atoms with van der Waals surface area (Å²) in [4.78, 5) is 19.3. The number of thioether (sulfide) groups is 1. The van der Waals surface area contributed by atoms with Gasteiger partial charge in [-0.25, -0.2) is 4.98 Å². The maximum atomic E-state index is 12.1. The fourth-order valence-corrected chi connectivity index (χ4v) is 3.50. The highest BCUT2D eigenvalue weighted by molar-refractivity contribution is 7.98. The van der Waals surface area contributed by atoms with Crippen LogP contribution in [0, 0.1) is 0 Å². The van der Waals surface area contributed by atoms with Gasteiger partial charge in [0.15, 0.2) is 0 Å². The number of aromatic nitrogens is 6. The van der Waals surface area contributed by atoms with Gasteiger partial charge in [0.05, 0.1) is 18.0 Å². The molecule has 0 fully saturated rings. The monoisotopic (exact) mass is 421 g/mol. The summed E-state index contributed by atoms with van der Waals surface area (Å²) in [5.74, 6) is 1.59. The van der Waals surface area contributed by atoms with E-state index in [1.54, 1.807) is 4.68 Å². The zero-order valence-corrected chi connectivity index (χ0v) is 17.0. The molecule has 0 aliphatic carbocycles. The van der Waals surface area contributed by atoms with Crippen LogP contribution in [0.1, 0.15) is 12.6 Å². The molecule has 4 rings (SSSR count). The van der Waals surface area contributed by atoms with E-state index in [0.717, 1.165) is 17.1 Å². The summed E-state index contributed by atoms with van der Waals surface area (Å²) in [6.45, 7) is 2.54. The van der Waals surface area contributed by atoms with E-state index in [1.807, 2.05) is 61.5 Å². The summed E-state index contributed by atoms with van der Waals surface area (Å²) >= 11 is 1.40. The minimum Gasteiger partial charge on any atom is -0.494 e. The van der Waals surface area contributed by atoms with E-state index < -0.39 is 0 Å². The van der Waals surface area contributed by atoms with Gasteiger partial charge in [0.25, 0.3) is 5.56 Å². The van der Waals surface area contributed by atoms with Gasteiger partial charge in [-0.15, -0.1) is 5.10 Å². The Bertz CT molecular complexity index is 1160. The molecule has 0 aliphatic rings. The van der Waals surface area contributed by atoms with Crippen molar-refractivity contribution in [3.05, 3.63) is 76.7 Å². The molecule has 0 spiro atoms. The molecule has 0 radical (unpaired) electrons. The van der Waals surface area contributed by atoms with E-state index in [0.29, 0.717) is 29.2 Å². The van der Waals surface area contributed by atoms with Crippen molar-refractivity contribution in [3.8, 4) is 11.4 Å². The van der Waals surface area contributed by atoms with Crippen LogP contribution in [0.3, 0.4) is 0 Å². The minimum absolute atomic E-state index is 0.239. The SMILES string of the molecule is CCOc1ccc(Nc2nc(CSc3nnnn3-c3ccccc3)cc(=O)[nH]2)cc1. The first-order valence-electron chi connectivity index (χ1n) is 9.28. The summed E-state index contributed by atoms with van der Waals surface area (Å²) in [6.07, 6.45) is 0. The molecule has 0 atom stereocenters. The number of para-hydroxylation sites is 1. The van der Waals surface area contributed by atoms with Gasteiger partial charge in [0.2, 0.25) is 11.1 Å². The van der Waals surface area contributed by atoms with Gasteiger partial charge < -0.3 is 10.1 Å². The molecule has 2 heterocycles. The van der Waals surface area contributed by atoms with E-state index in [2.05, 4.69) is 30.8 Å². The predicted molar refractivity (Wildman–Crippen MR) is 114 cm³/mol. The molecule has 2 N–H and O–H groups in total.